The second kappa shape index (κ2) is 9.69. The van der Waals surface area contributed by atoms with Crippen LogP contribution in [-0.2, 0) is 15.7 Å². The zero-order valence-electron chi connectivity index (χ0n) is 17.8. The molecule has 1 N–H and O–H groups in total. The van der Waals surface area contributed by atoms with Gasteiger partial charge in [-0.2, -0.15) is 0 Å². The molecule has 3 heterocycles. The molecule has 6 nitrogen and oxygen atoms in total. The van der Waals surface area contributed by atoms with Gasteiger partial charge >= 0.3 is 0 Å². The number of anilines is 2. The van der Waals surface area contributed by atoms with Gasteiger partial charge in [0.05, 0.1) is 34.3 Å². The predicted molar refractivity (Wildman–Crippen MR) is 137 cm³/mol. The summed E-state index contributed by atoms with van der Waals surface area (Å²) < 4.78 is 23.7. The third-order valence-electron chi connectivity index (χ3n) is 5.35. The fraction of sp³-hybridized carbons (Fsp3) is 0.167. The van der Waals surface area contributed by atoms with E-state index >= 15 is 0 Å². The van der Waals surface area contributed by atoms with Crippen molar-refractivity contribution < 1.29 is 8.95 Å². The molecule has 1 atom stereocenters. The standard InChI is InChI=1S/C24H21ClN4O2S2/c1-16-2-4-18(12-20(16)23-6-3-17-14-26-9-8-22(17)27-23)28-33(30)24-7-5-19(13-21(24)25)29-10-11-31-15-32-29/h2-9,12-14,28H,10-11,15H2,1H3. The van der Waals surface area contributed by atoms with Crippen LogP contribution in [0.25, 0.3) is 22.2 Å². The van der Waals surface area contributed by atoms with Crippen LogP contribution in [0.15, 0.2) is 71.9 Å². The number of pyridine rings is 2. The summed E-state index contributed by atoms with van der Waals surface area (Å²) in [7, 11) is -1.51. The maximum atomic E-state index is 13.1. The van der Waals surface area contributed by atoms with E-state index in [0.29, 0.717) is 22.5 Å². The topological polar surface area (TPSA) is 67.4 Å². The average molecular weight is 497 g/mol. The fourth-order valence-electron chi connectivity index (χ4n) is 3.61. The molecule has 2 aromatic carbocycles. The Bertz CT molecular complexity index is 1350. The Kier molecular flexibility index (Phi) is 6.50. The van der Waals surface area contributed by atoms with Crippen LogP contribution in [0.2, 0.25) is 5.02 Å². The highest BCUT2D eigenvalue weighted by Crippen LogP contribution is 2.32. The van der Waals surface area contributed by atoms with Gasteiger partial charge in [-0.15, -0.1) is 0 Å². The van der Waals surface area contributed by atoms with E-state index < -0.39 is 11.0 Å². The van der Waals surface area contributed by atoms with E-state index in [2.05, 4.69) is 14.0 Å². The van der Waals surface area contributed by atoms with Crippen molar-refractivity contribution in [3.05, 3.63) is 77.6 Å². The molecular weight excluding hydrogens is 476 g/mol. The minimum Gasteiger partial charge on any atom is -0.367 e. The maximum absolute atomic E-state index is 13.1. The van der Waals surface area contributed by atoms with Crippen LogP contribution in [-0.4, -0.2) is 33.3 Å². The van der Waals surface area contributed by atoms with Crippen molar-refractivity contribution in [3.63, 3.8) is 0 Å². The van der Waals surface area contributed by atoms with E-state index in [1.807, 2.05) is 61.5 Å². The van der Waals surface area contributed by atoms with Crippen molar-refractivity contribution in [2.45, 2.75) is 11.8 Å². The first-order valence-electron chi connectivity index (χ1n) is 10.4. The van der Waals surface area contributed by atoms with Gasteiger partial charge in [0.2, 0.25) is 0 Å². The van der Waals surface area contributed by atoms with Gasteiger partial charge in [-0.3, -0.25) is 4.98 Å². The van der Waals surface area contributed by atoms with Crippen LogP contribution in [0.4, 0.5) is 11.4 Å². The number of nitrogens with zero attached hydrogens (tertiary/aromatic N) is 3. The Morgan fingerprint density at radius 2 is 2.06 bits per heavy atom. The van der Waals surface area contributed by atoms with Crippen molar-refractivity contribution in [3.8, 4) is 11.3 Å². The van der Waals surface area contributed by atoms with E-state index in [1.165, 1.54) is 0 Å². The lowest BCUT2D eigenvalue weighted by Gasteiger charge is -2.27. The molecule has 0 amide bonds. The molecule has 0 radical (unpaired) electrons. The van der Waals surface area contributed by atoms with Gasteiger partial charge in [-0.1, -0.05) is 17.7 Å². The van der Waals surface area contributed by atoms with Crippen LogP contribution in [0, 0.1) is 6.92 Å². The fourth-order valence-corrected chi connectivity index (χ4v) is 5.66. The molecule has 168 valence electrons. The summed E-state index contributed by atoms with van der Waals surface area (Å²) in [4.78, 5) is 9.46. The van der Waals surface area contributed by atoms with Crippen molar-refractivity contribution in [2.75, 3.05) is 28.1 Å². The molecule has 2 aromatic heterocycles. The van der Waals surface area contributed by atoms with Gasteiger partial charge in [-0.05, 0) is 73.0 Å². The van der Waals surface area contributed by atoms with E-state index in [-0.39, 0.29) is 0 Å². The van der Waals surface area contributed by atoms with E-state index in [1.54, 1.807) is 24.3 Å². The molecule has 9 heteroatoms. The second-order valence-corrected chi connectivity index (χ2v) is 10.1. The molecule has 0 bridgehead atoms. The highest BCUT2D eigenvalue weighted by atomic mass is 35.5. The monoisotopic (exact) mass is 496 g/mol. The van der Waals surface area contributed by atoms with Gasteiger partial charge in [0.25, 0.3) is 0 Å². The Labute approximate surface area is 204 Å². The predicted octanol–water partition coefficient (Wildman–Crippen LogP) is 5.84. The first-order valence-corrected chi connectivity index (χ1v) is 12.8. The van der Waals surface area contributed by atoms with Crippen molar-refractivity contribution in [2.24, 2.45) is 0 Å². The molecule has 5 rings (SSSR count). The average Bonchev–Trinajstić information content (AvgIpc) is 2.85. The summed E-state index contributed by atoms with van der Waals surface area (Å²) in [5.74, 6) is 0.617. The highest BCUT2D eigenvalue weighted by molar-refractivity contribution is 8.00. The molecule has 0 spiro atoms. The van der Waals surface area contributed by atoms with Gasteiger partial charge < -0.3 is 13.8 Å². The summed E-state index contributed by atoms with van der Waals surface area (Å²) in [6.07, 6.45) is 3.53. The molecule has 1 saturated heterocycles. The highest BCUT2D eigenvalue weighted by Gasteiger charge is 2.16. The molecule has 1 aliphatic heterocycles. The number of benzene rings is 2. The minimum absolute atomic E-state index is 0.461. The molecule has 1 unspecified atom stereocenters. The SMILES string of the molecule is Cc1ccc(NS(=O)c2ccc(N3CCOCS3)cc2Cl)cc1-c1ccc2cnccc2n1. The second-order valence-electron chi connectivity index (χ2n) is 7.54. The van der Waals surface area contributed by atoms with Gasteiger partial charge in [-0.25, -0.2) is 9.19 Å². The Balaban J connectivity index is 1.38. The van der Waals surface area contributed by atoms with Crippen LogP contribution >= 0.6 is 23.5 Å². The molecule has 1 fully saturated rings. The number of nitrogens with one attached hydrogen (secondary N) is 1. The molecule has 0 saturated carbocycles. The lowest BCUT2D eigenvalue weighted by molar-refractivity contribution is 0.184. The number of aromatic nitrogens is 2. The Hall–Kier alpha value is -2.65. The quantitative estimate of drug-likeness (QED) is 0.350. The molecular formula is C24H21ClN4O2S2. The first kappa shape index (κ1) is 22.2. The van der Waals surface area contributed by atoms with Crippen LogP contribution in [0.3, 0.4) is 0 Å². The lowest BCUT2D eigenvalue weighted by atomic mass is 10.0. The maximum Gasteiger partial charge on any atom is 0.151 e. The van der Waals surface area contributed by atoms with E-state index in [0.717, 1.165) is 45.6 Å². The van der Waals surface area contributed by atoms with Gasteiger partial charge in [0, 0.05) is 34.7 Å². The van der Waals surface area contributed by atoms with Crippen LogP contribution in [0.1, 0.15) is 5.56 Å². The normalized spacial score (nSPS) is 14.9. The number of rotatable bonds is 5. The Morgan fingerprint density at radius 3 is 2.88 bits per heavy atom. The number of ether oxygens (including phenoxy) is 1. The zero-order valence-corrected chi connectivity index (χ0v) is 20.2. The zero-order chi connectivity index (χ0) is 22.8. The summed E-state index contributed by atoms with van der Waals surface area (Å²) in [6.45, 7) is 3.50. The largest absolute Gasteiger partial charge is 0.367 e. The molecule has 0 aliphatic carbocycles. The third-order valence-corrected chi connectivity index (χ3v) is 7.93. The third kappa shape index (κ3) is 4.84. The number of hydrogen-bond acceptors (Lipinski definition) is 6. The number of hydrogen-bond donors (Lipinski definition) is 1. The number of fused-ring (bicyclic) bond motifs is 1. The molecule has 1 aliphatic rings. The summed E-state index contributed by atoms with van der Waals surface area (Å²) >= 11 is 8.10. The molecule has 4 aromatic rings. The van der Waals surface area contributed by atoms with Crippen molar-refractivity contribution in [1.29, 1.82) is 0 Å². The van der Waals surface area contributed by atoms with Gasteiger partial charge in [0.15, 0.2) is 11.0 Å². The van der Waals surface area contributed by atoms with Crippen molar-refractivity contribution in [1.82, 2.24) is 9.97 Å². The first-order chi connectivity index (χ1) is 16.1. The summed E-state index contributed by atoms with van der Waals surface area (Å²) in [5, 5.41) is 1.45. The summed E-state index contributed by atoms with van der Waals surface area (Å²) in [5.41, 5.74) is 5.50. The number of halogens is 1. The van der Waals surface area contributed by atoms with E-state index in [9.17, 15) is 4.21 Å². The Morgan fingerprint density at radius 1 is 1.15 bits per heavy atom. The molecule has 33 heavy (non-hydrogen) atoms. The lowest BCUT2D eigenvalue weighted by Crippen LogP contribution is -2.26. The van der Waals surface area contributed by atoms with E-state index in [4.69, 9.17) is 21.3 Å². The van der Waals surface area contributed by atoms with Gasteiger partial charge in [0.1, 0.15) is 5.94 Å². The summed E-state index contributed by atoms with van der Waals surface area (Å²) in [6, 6.07) is 17.4. The minimum atomic E-state index is -1.51. The van der Waals surface area contributed by atoms with Crippen LogP contribution < -0.4 is 9.03 Å². The van der Waals surface area contributed by atoms with Crippen molar-refractivity contribution >= 4 is 56.8 Å². The van der Waals surface area contributed by atoms with Crippen LogP contribution in [0.5, 0.6) is 0 Å². The smallest absolute Gasteiger partial charge is 0.151 e. The number of aryl methyl sites for hydroxylation is 1.